The minimum Gasteiger partial charge on any atom is -0.493 e. The molecule has 2 aliphatic heterocycles. The Hall–Kier alpha value is -3.08. The fourth-order valence-corrected chi connectivity index (χ4v) is 5.34. The second kappa shape index (κ2) is 10.5. The molecule has 7 heteroatoms. The molecule has 3 aliphatic rings. The van der Waals surface area contributed by atoms with Crippen LogP contribution in [0.1, 0.15) is 25.7 Å². The smallest absolute Gasteiger partial charge is 0.162 e. The van der Waals surface area contributed by atoms with E-state index in [1.807, 2.05) is 18.2 Å². The number of aromatic nitrogens is 2. The summed E-state index contributed by atoms with van der Waals surface area (Å²) < 4.78 is 11.8. The molecule has 0 saturated carbocycles. The SMILES string of the molecule is C#CC1C=C(Nc2ncnc3cc(OC)c(OCCCN4CCC5CCNCC54)cc23)C=CC1. The van der Waals surface area contributed by atoms with Crippen molar-refractivity contribution in [2.45, 2.75) is 31.7 Å². The maximum Gasteiger partial charge on any atom is 0.162 e. The number of fused-ring (bicyclic) bond motifs is 2. The first kappa shape index (κ1) is 22.7. The molecule has 3 heterocycles. The Bertz CT molecular complexity index is 1120. The minimum atomic E-state index is 0.0925. The van der Waals surface area contributed by atoms with Crippen molar-refractivity contribution in [2.24, 2.45) is 11.8 Å². The van der Waals surface area contributed by atoms with Crippen LogP contribution in [0.25, 0.3) is 10.9 Å². The van der Waals surface area contributed by atoms with Gasteiger partial charge in [0, 0.05) is 42.2 Å². The van der Waals surface area contributed by atoms with E-state index in [0.29, 0.717) is 24.1 Å². The van der Waals surface area contributed by atoms with E-state index in [1.54, 1.807) is 13.4 Å². The van der Waals surface area contributed by atoms with Crippen molar-refractivity contribution >= 4 is 16.7 Å². The van der Waals surface area contributed by atoms with Crippen molar-refractivity contribution in [3.05, 3.63) is 42.4 Å². The van der Waals surface area contributed by atoms with Crippen LogP contribution in [0.3, 0.4) is 0 Å². The maximum absolute atomic E-state index is 6.21. The first-order valence-electron chi connectivity index (χ1n) is 12.3. The zero-order chi connectivity index (χ0) is 23.3. The Balaban J connectivity index is 1.27. The number of likely N-dealkylation sites (tertiary alicyclic amines) is 1. The topological polar surface area (TPSA) is 71.5 Å². The molecule has 34 heavy (non-hydrogen) atoms. The summed E-state index contributed by atoms with van der Waals surface area (Å²) in [7, 11) is 1.66. The van der Waals surface area contributed by atoms with Gasteiger partial charge in [0.25, 0.3) is 0 Å². The standard InChI is InChI=1S/C27H33N5O2/c1-3-19-6-4-7-21(14-19)31-27-22-15-26(25(33-2)16-23(22)29-18-30-27)34-13-5-11-32-12-9-20-8-10-28-17-24(20)32/h1,4,7,14-16,18-20,24,28H,5-6,8-13,17H2,2H3,(H,29,30,31). The fraction of sp³-hybridized carbons (Fsp3) is 0.481. The van der Waals surface area contributed by atoms with Gasteiger partial charge >= 0.3 is 0 Å². The van der Waals surface area contributed by atoms with E-state index in [9.17, 15) is 0 Å². The highest BCUT2D eigenvalue weighted by molar-refractivity contribution is 5.92. The quantitative estimate of drug-likeness (QED) is 0.462. The average molecular weight is 460 g/mol. The van der Waals surface area contributed by atoms with Gasteiger partial charge in [0.15, 0.2) is 11.5 Å². The number of hydrogen-bond acceptors (Lipinski definition) is 7. The number of hydrogen-bond donors (Lipinski definition) is 2. The van der Waals surface area contributed by atoms with Gasteiger partial charge in [0.05, 0.1) is 19.2 Å². The van der Waals surface area contributed by atoms with Crippen LogP contribution < -0.4 is 20.1 Å². The third-order valence-corrected chi connectivity index (χ3v) is 7.16. The molecule has 5 rings (SSSR count). The third-order valence-electron chi connectivity index (χ3n) is 7.16. The Morgan fingerprint density at radius 1 is 1.26 bits per heavy atom. The number of ether oxygens (including phenoxy) is 2. The number of nitrogens with zero attached hydrogens (tertiary/aromatic N) is 3. The number of anilines is 1. The molecule has 1 aromatic heterocycles. The van der Waals surface area contributed by atoms with E-state index >= 15 is 0 Å². The molecule has 3 unspecified atom stereocenters. The summed E-state index contributed by atoms with van der Waals surface area (Å²) in [6.45, 7) is 5.18. The second-order valence-electron chi connectivity index (χ2n) is 9.25. The Kier molecular flexibility index (Phi) is 6.98. The van der Waals surface area contributed by atoms with Crippen LogP contribution >= 0.6 is 0 Å². The molecule has 1 aromatic carbocycles. The van der Waals surface area contributed by atoms with Gasteiger partial charge < -0.3 is 20.1 Å². The molecule has 0 amide bonds. The van der Waals surface area contributed by atoms with Gasteiger partial charge in [-0.2, -0.15) is 0 Å². The summed E-state index contributed by atoms with van der Waals surface area (Å²) in [5.74, 6) is 5.86. The lowest BCUT2D eigenvalue weighted by Gasteiger charge is -2.32. The fourth-order valence-electron chi connectivity index (χ4n) is 5.34. The van der Waals surface area contributed by atoms with Gasteiger partial charge in [-0.15, -0.1) is 6.42 Å². The van der Waals surface area contributed by atoms with Gasteiger partial charge in [0.1, 0.15) is 12.1 Å². The van der Waals surface area contributed by atoms with Gasteiger partial charge in [-0.25, -0.2) is 9.97 Å². The number of methoxy groups -OCH3 is 1. The number of piperidine rings is 1. The van der Waals surface area contributed by atoms with Crippen LogP contribution in [0.2, 0.25) is 0 Å². The first-order valence-corrected chi connectivity index (χ1v) is 12.3. The molecule has 2 fully saturated rings. The number of benzene rings is 1. The third kappa shape index (κ3) is 4.89. The Morgan fingerprint density at radius 2 is 2.21 bits per heavy atom. The van der Waals surface area contributed by atoms with E-state index in [0.717, 1.165) is 54.3 Å². The van der Waals surface area contributed by atoms with E-state index < -0.39 is 0 Å². The zero-order valence-electron chi connectivity index (χ0n) is 19.8. The van der Waals surface area contributed by atoms with E-state index in [-0.39, 0.29) is 5.92 Å². The summed E-state index contributed by atoms with van der Waals surface area (Å²) >= 11 is 0. The number of nitrogens with one attached hydrogen (secondary N) is 2. The second-order valence-corrected chi connectivity index (χ2v) is 9.25. The van der Waals surface area contributed by atoms with Crippen LogP contribution in [0.15, 0.2) is 42.4 Å². The van der Waals surface area contributed by atoms with Gasteiger partial charge in [-0.1, -0.05) is 12.0 Å². The highest BCUT2D eigenvalue weighted by atomic mass is 16.5. The normalized spacial score (nSPS) is 24.4. The average Bonchev–Trinajstić information content (AvgIpc) is 3.29. The van der Waals surface area contributed by atoms with Crippen LogP contribution in [-0.4, -0.2) is 60.8 Å². The van der Waals surface area contributed by atoms with Crippen molar-refractivity contribution in [2.75, 3.05) is 45.2 Å². The highest BCUT2D eigenvalue weighted by Gasteiger charge is 2.35. The lowest BCUT2D eigenvalue weighted by molar-refractivity contribution is 0.179. The molecule has 0 bridgehead atoms. The summed E-state index contributed by atoms with van der Waals surface area (Å²) in [4.78, 5) is 11.5. The van der Waals surface area contributed by atoms with E-state index in [1.165, 1.54) is 25.9 Å². The number of allylic oxidation sites excluding steroid dienone is 3. The monoisotopic (exact) mass is 459 g/mol. The van der Waals surface area contributed by atoms with Crippen LogP contribution in [-0.2, 0) is 0 Å². The van der Waals surface area contributed by atoms with Crippen molar-refractivity contribution in [1.82, 2.24) is 20.2 Å². The van der Waals surface area contributed by atoms with Crippen molar-refractivity contribution in [3.63, 3.8) is 0 Å². The summed E-state index contributed by atoms with van der Waals surface area (Å²) in [5.41, 5.74) is 1.73. The zero-order valence-corrected chi connectivity index (χ0v) is 19.8. The molecular weight excluding hydrogens is 426 g/mol. The first-order chi connectivity index (χ1) is 16.7. The number of rotatable bonds is 8. The lowest BCUT2D eigenvalue weighted by atomic mass is 9.93. The minimum absolute atomic E-state index is 0.0925. The molecule has 2 aromatic rings. The summed E-state index contributed by atoms with van der Waals surface area (Å²) in [5, 5.41) is 7.83. The number of terminal acetylenes is 1. The van der Waals surface area contributed by atoms with Crippen molar-refractivity contribution < 1.29 is 9.47 Å². The molecule has 178 valence electrons. The highest BCUT2D eigenvalue weighted by Crippen LogP contribution is 2.35. The Morgan fingerprint density at radius 3 is 3.09 bits per heavy atom. The van der Waals surface area contributed by atoms with Crippen molar-refractivity contribution in [1.29, 1.82) is 0 Å². The Labute approximate surface area is 201 Å². The van der Waals surface area contributed by atoms with Crippen LogP contribution in [0.4, 0.5) is 5.82 Å². The van der Waals surface area contributed by atoms with Gasteiger partial charge in [0.2, 0.25) is 0 Å². The molecule has 2 saturated heterocycles. The molecule has 0 radical (unpaired) electrons. The largest absolute Gasteiger partial charge is 0.493 e. The van der Waals surface area contributed by atoms with Crippen molar-refractivity contribution in [3.8, 4) is 23.8 Å². The predicted molar refractivity (Wildman–Crippen MR) is 135 cm³/mol. The molecule has 0 spiro atoms. The van der Waals surface area contributed by atoms with E-state index in [4.69, 9.17) is 15.9 Å². The summed E-state index contributed by atoms with van der Waals surface area (Å²) in [6, 6.07) is 4.57. The van der Waals surface area contributed by atoms with Crippen LogP contribution in [0, 0.1) is 24.2 Å². The van der Waals surface area contributed by atoms with Gasteiger partial charge in [-0.05, 0) is 62.9 Å². The molecule has 1 aliphatic carbocycles. The van der Waals surface area contributed by atoms with Gasteiger partial charge in [-0.3, -0.25) is 4.90 Å². The maximum atomic E-state index is 6.21. The molecule has 3 atom stereocenters. The van der Waals surface area contributed by atoms with Crippen LogP contribution in [0.5, 0.6) is 11.5 Å². The predicted octanol–water partition coefficient (Wildman–Crippen LogP) is 3.60. The lowest BCUT2D eigenvalue weighted by Crippen LogP contribution is -2.46. The molecule has 2 N–H and O–H groups in total. The summed E-state index contributed by atoms with van der Waals surface area (Å²) in [6.07, 6.45) is 17.8. The molecule has 7 nitrogen and oxygen atoms in total. The van der Waals surface area contributed by atoms with E-state index in [2.05, 4.69) is 43.6 Å². The molecular formula is C27H33N5O2.